The van der Waals surface area contributed by atoms with E-state index in [1.807, 2.05) is 18.2 Å². The third-order valence-corrected chi connectivity index (χ3v) is 3.79. The summed E-state index contributed by atoms with van der Waals surface area (Å²) in [5.74, 6) is -1.20. The molecule has 0 aromatic heterocycles. The first-order valence-corrected chi connectivity index (χ1v) is 8.03. The van der Waals surface area contributed by atoms with E-state index in [1.165, 1.54) is 12.1 Å². The number of aliphatic hydroxyl groups is 2. The van der Waals surface area contributed by atoms with Gasteiger partial charge in [0.25, 0.3) is 0 Å². The van der Waals surface area contributed by atoms with Gasteiger partial charge in [-0.15, -0.1) is 0 Å². The van der Waals surface area contributed by atoms with E-state index < -0.39 is 24.3 Å². The molecule has 0 spiro atoms. The summed E-state index contributed by atoms with van der Waals surface area (Å²) >= 11 is 0. The van der Waals surface area contributed by atoms with Crippen LogP contribution < -0.4 is 5.32 Å². The number of carboxylic acid groups (broad SMARTS) is 1. The molecule has 26 heavy (non-hydrogen) atoms. The minimum atomic E-state index is -1.46. The van der Waals surface area contributed by atoms with Crippen molar-refractivity contribution in [2.24, 2.45) is 0 Å². The van der Waals surface area contributed by atoms with Crippen LogP contribution in [-0.2, 0) is 11.3 Å². The highest BCUT2D eigenvalue weighted by Crippen LogP contribution is 2.22. The Hall–Kier alpha value is -2.90. The smallest absolute Gasteiger partial charge is 0.407 e. The van der Waals surface area contributed by atoms with Crippen molar-refractivity contribution in [1.82, 2.24) is 5.32 Å². The van der Waals surface area contributed by atoms with Crippen LogP contribution in [0.5, 0.6) is 0 Å². The molecule has 0 fully saturated rings. The molecule has 0 saturated carbocycles. The zero-order valence-corrected chi connectivity index (χ0v) is 14.3. The average molecular weight is 359 g/mol. The van der Waals surface area contributed by atoms with Crippen molar-refractivity contribution < 1.29 is 29.6 Å². The number of carboxylic acids is 1. The minimum absolute atomic E-state index is 0.0758. The van der Waals surface area contributed by atoms with Crippen LogP contribution in [0.15, 0.2) is 48.5 Å². The number of aliphatic hydroxyl groups excluding tert-OH is 2. The predicted molar refractivity (Wildman–Crippen MR) is 93.7 cm³/mol. The lowest BCUT2D eigenvalue weighted by atomic mass is 9.97. The van der Waals surface area contributed by atoms with Crippen LogP contribution in [0.3, 0.4) is 0 Å². The molecular weight excluding hydrogens is 338 g/mol. The summed E-state index contributed by atoms with van der Waals surface area (Å²) in [7, 11) is 0. The molecule has 0 heterocycles. The van der Waals surface area contributed by atoms with Crippen molar-refractivity contribution in [2.75, 3.05) is 6.54 Å². The van der Waals surface area contributed by atoms with Crippen molar-refractivity contribution in [3.8, 4) is 0 Å². The van der Waals surface area contributed by atoms with Crippen molar-refractivity contribution >= 4 is 12.1 Å². The van der Waals surface area contributed by atoms with Gasteiger partial charge in [-0.3, -0.25) is 0 Å². The van der Waals surface area contributed by atoms with Gasteiger partial charge in [0, 0.05) is 6.54 Å². The van der Waals surface area contributed by atoms with Crippen LogP contribution in [-0.4, -0.2) is 40.0 Å². The van der Waals surface area contributed by atoms with Gasteiger partial charge in [-0.05, 0) is 24.1 Å². The van der Waals surface area contributed by atoms with E-state index in [9.17, 15) is 24.9 Å². The van der Waals surface area contributed by atoms with E-state index in [0.29, 0.717) is 0 Å². The van der Waals surface area contributed by atoms with Crippen molar-refractivity contribution in [1.29, 1.82) is 0 Å². The lowest BCUT2D eigenvalue weighted by molar-refractivity contribution is 0.0174. The molecule has 0 saturated heterocycles. The minimum Gasteiger partial charge on any atom is -0.478 e. The molecule has 0 radical (unpaired) electrons. The van der Waals surface area contributed by atoms with Gasteiger partial charge in [-0.1, -0.05) is 48.0 Å². The van der Waals surface area contributed by atoms with E-state index in [-0.39, 0.29) is 24.3 Å². The summed E-state index contributed by atoms with van der Waals surface area (Å²) in [5, 5.41) is 31.9. The highest BCUT2D eigenvalue weighted by molar-refractivity contribution is 5.89. The quantitative estimate of drug-likeness (QED) is 0.601. The lowest BCUT2D eigenvalue weighted by Crippen LogP contribution is -2.36. The predicted octanol–water partition coefficient (Wildman–Crippen LogP) is 2.01. The van der Waals surface area contributed by atoms with Crippen molar-refractivity contribution in [3.05, 3.63) is 70.8 Å². The Balaban J connectivity index is 1.90. The number of carbonyl (C=O) groups excluding carboxylic acids is 1. The van der Waals surface area contributed by atoms with Gasteiger partial charge in [0.15, 0.2) is 0 Å². The summed E-state index contributed by atoms with van der Waals surface area (Å²) in [6.07, 6.45) is -3.60. The fraction of sp³-hybridized carbons (Fsp3) is 0.263. The first-order chi connectivity index (χ1) is 12.4. The number of hydrogen-bond acceptors (Lipinski definition) is 5. The van der Waals surface area contributed by atoms with Crippen LogP contribution in [0.4, 0.5) is 4.79 Å². The molecule has 0 aliphatic heterocycles. The van der Waals surface area contributed by atoms with Crippen LogP contribution >= 0.6 is 0 Å². The fourth-order valence-electron chi connectivity index (χ4n) is 2.39. The SMILES string of the molecule is Cc1ccc(C(O)C(O)CNC(=O)OCc2ccccc2)c(C(=O)O)c1. The van der Waals surface area contributed by atoms with Crippen molar-refractivity contribution in [2.45, 2.75) is 25.7 Å². The van der Waals surface area contributed by atoms with Crippen LogP contribution in [0.25, 0.3) is 0 Å². The number of alkyl carbamates (subject to hydrolysis) is 1. The maximum absolute atomic E-state index is 11.7. The van der Waals surface area contributed by atoms with Crippen LogP contribution in [0.2, 0.25) is 0 Å². The Kier molecular flexibility index (Phi) is 6.71. The number of rotatable bonds is 7. The zero-order chi connectivity index (χ0) is 19.1. The average Bonchev–Trinajstić information content (AvgIpc) is 2.64. The molecule has 0 aliphatic carbocycles. The molecule has 0 bridgehead atoms. The summed E-state index contributed by atoms with van der Waals surface area (Å²) in [6.45, 7) is 1.51. The summed E-state index contributed by atoms with van der Waals surface area (Å²) in [4.78, 5) is 23.0. The molecule has 2 rings (SSSR count). The Morgan fingerprint density at radius 3 is 2.46 bits per heavy atom. The van der Waals surface area contributed by atoms with E-state index in [1.54, 1.807) is 25.1 Å². The Morgan fingerprint density at radius 1 is 1.12 bits per heavy atom. The molecule has 1 amide bonds. The molecular formula is C19H21NO6. The number of amides is 1. The number of benzene rings is 2. The molecule has 2 atom stereocenters. The van der Waals surface area contributed by atoms with E-state index in [2.05, 4.69) is 5.32 Å². The zero-order valence-electron chi connectivity index (χ0n) is 14.3. The second kappa shape index (κ2) is 8.98. The maximum atomic E-state index is 11.7. The molecule has 2 aromatic rings. The number of aryl methyl sites for hydroxylation is 1. The molecule has 0 aliphatic rings. The van der Waals surface area contributed by atoms with Crippen LogP contribution in [0, 0.1) is 6.92 Å². The third-order valence-electron chi connectivity index (χ3n) is 3.79. The molecule has 2 aromatic carbocycles. The number of carbonyl (C=O) groups is 2. The van der Waals surface area contributed by atoms with Gasteiger partial charge < -0.3 is 25.4 Å². The third kappa shape index (κ3) is 5.30. The number of nitrogens with one attached hydrogen (secondary N) is 1. The van der Waals surface area contributed by atoms with E-state index in [4.69, 9.17) is 4.74 Å². The Bertz CT molecular complexity index is 762. The summed E-state index contributed by atoms with van der Waals surface area (Å²) in [5.41, 5.74) is 1.52. The molecule has 7 heteroatoms. The van der Waals surface area contributed by atoms with Crippen LogP contribution in [0.1, 0.15) is 33.2 Å². The highest BCUT2D eigenvalue weighted by Gasteiger charge is 2.24. The largest absolute Gasteiger partial charge is 0.478 e. The topological polar surface area (TPSA) is 116 Å². The normalized spacial score (nSPS) is 12.9. The monoisotopic (exact) mass is 359 g/mol. The number of aromatic carboxylic acids is 1. The summed E-state index contributed by atoms with van der Waals surface area (Å²) < 4.78 is 5.00. The second-order valence-electron chi connectivity index (χ2n) is 5.85. The second-order valence-corrected chi connectivity index (χ2v) is 5.85. The summed E-state index contributed by atoms with van der Waals surface area (Å²) in [6, 6.07) is 13.6. The Labute approximate surface area is 150 Å². The van der Waals surface area contributed by atoms with E-state index >= 15 is 0 Å². The van der Waals surface area contributed by atoms with Gasteiger partial charge in [0.1, 0.15) is 18.8 Å². The highest BCUT2D eigenvalue weighted by atomic mass is 16.5. The Morgan fingerprint density at radius 2 is 1.81 bits per heavy atom. The first kappa shape index (κ1) is 19.4. The fourth-order valence-corrected chi connectivity index (χ4v) is 2.39. The van der Waals surface area contributed by atoms with Gasteiger partial charge in [-0.25, -0.2) is 9.59 Å². The first-order valence-electron chi connectivity index (χ1n) is 8.03. The maximum Gasteiger partial charge on any atom is 0.407 e. The standard InChI is InChI=1S/C19H21NO6/c1-12-7-8-14(15(9-12)18(23)24)17(22)16(21)10-20-19(25)26-11-13-5-3-2-4-6-13/h2-9,16-17,21-22H,10-11H2,1H3,(H,20,25)(H,23,24). The van der Waals surface area contributed by atoms with Gasteiger partial charge in [-0.2, -0.15) is 0 Å². The molecule has 138 valence electrons. The molecule has 4 N–H and O–H groups in total. The molecule has 7 nitrogen and oxygen atoms in total. The van der Waals surface area contributed by atoms with Crippen molar-refractivity contribution in [3.63, 3.8) is 0 Å². The van der Waals surface area contributed by atoms with Gasteiger partial charge in [0.05, 0.1) is 5.56 Å². The molecule has 2 unspecified atom stereocenters. The number of hydrogen-bond donors (Lipinski definition) is 4. The van der Waals surface area contributed by atoms with Gasteiger partial charge in [0.2, 0.25) is 0 Å². The lowest BCUT2D eigenvalue weighted by Gasteiger charge is -2.20. The van der Waals surface area contributed by atoms with Gasteiger partial charge >= 0.3 is 12.1 Å². The van der Waals surface area contributed by atoms with E-state index in [0.717, 1.165) is 11.1 Å². The number of ether oxygens (including phenoxy) is 1.